The van der Waals surface area contributed by atoms with E-state index in [0.29, 0.717) is 6.54 Å². The molecule has 2 rings (SSSR count). The molecule has 1 N–H and O–H groups in total. The van der Waals surface area contributed by atoms with Gasteiger partial charge in [0.25, 0.3) is 0 Å². The average Bonchev–Trinajstić information content (AvgIpc) is 2.81. The van der Waals surface area contributed by atoms with E-state index in [4.69, 9.17) is 5.11 Å². The summed E-state index contributed by atoms with van der Waals surface area (Å²) in [6.07, 6.45) is 3.45. The van der Waals surface area contributed by atoms with Crippen LogP contribution in [0.15, 0.2) is 35.4 Å². The molecule has 0 atom stereocenters. The molecule has 0 radical (unpaired) electrons. The number of hydrogen-bond donors (Lipinski definition) is 1. The van der Waals surface area contributed by atoms with Gasteiger partial charge < -0.3 is 5.11 Å². The molecule has 0 saturated heterocycles. The van der Waals surface area contributed by atoms with Gasteiger partial charge in [-0.3, -0.25) is 9.13 Å². The first-order chi connectivity index (χ1) is 10.0. The Balaban J connectivity index is 2.30. The van der Waals surface area contributed by atoms with E-state index in [9.17, 15) is 9.18 Å². The Bertz CT molecular complexity index is 748. The topological polar surface area (TPSA) is 47.2 Å². The molecule has 2 aromatic rings. The molecule has 1 aromatic carbocycles. The second-order valence-corrected chi connectivity index (χ2v) is 4.98. The third kappa shape index (κ3) is 3.41. The zero-order valence-corrected chi connectivity index (χ0v) is 12.0. The Morgan fingerprint density at radius 3 is 2.71 bits per heavy atom. The van der Waals surface area contributed by atoms with Crippen LogP contribution in [0.2, 0.25) is 0 Å². The zero-order valence-electron chi connectivity index (χ0n) is 12.0. The molecule has 0 saturated carbocycles. The van der Waals surface area contributed by atoms with Crippen LogP contribution in [0, 0.1) is 17.7 Å². The molecule has 0 amide bonds. The summed E-state index contributed by atoms with van der Waals surface area (Å²) in [5.74, 6) is 4.54. The molecule has 0 aliphatic rings. The summed E-state index contributed by atoms with van der Waals surface area (Å²) >= 11 is 0. The third-order valence-electron chi connectivity index (χ3n) is 3.12. The van der Waals surface area contributed by atoms with Crippen molar-refractivity contribution in [2.45, 2.75) is 26.4 Å². The van der Waals surface area contributed by atoms with E-state index in [-0.39, 0.29) is 23.9 Å². The monoisotopic (exact) mass is 288 g/mol. The molecule has 0 bridgehead atoms. The van der Waals surface area contributed by atoms with Gasteiger partial charge in [0.1, 0.15) is 12.4 Å². The van der Waals surface area contributed by atoms with Crippen LogP contribution in [0.3, 0.4) is 0 Å². The lowest BCUT2D eigenvalue weighted by molar-refractivity contribution is 0.350. The highest BCUT2D eigenvalue weighted by molar-refractivity contribution is 5.38. The van der Waals surface area contributed by atoms with Gasteiger partial charge in [0, 0.05) is 18.4 Å². The fourth-order valence-corrected chi connectivity index (χ4v) is 2.04. The number of hydrogen-bond acceptors (Lipinski definition) is 2. The lowest BCUT2D eigenvalue weighted by atomic mass is 10.1. The second-order valence-electron chi connectivity index (χ2n) is 4.98. The van der Waals surface area contributed by atoms with E-state index >= 15 is 0 Å². The standard InChI is InChI=1S/C16H17FN2O2/c1-12(2)19-8-7-18(16(19)21)11-13-5-6-15(17)14(10-13)4-3-9-20/h5-8,10,12,20H,9,11H2,1-2H3. The summed E-state index contributed by atoms with van der Waals surface area (Å²) in [4.78, 5) is 12.1. The number of aliphatic hydroxyl groups excluding tert-OH is 1. The van der Waals surface area contributed by atoms with Gasteiger partial charge >= 0.3 is 5.69 Å². The van der Waals surface area contributed by atoms with Crippen LogP contribution in [0.1, 0.15) is 31.0 Å². The van der Waals surface area contributed by atoms with Gasteiger partial charge in [0.05, 0.1) is 12.1 Å². The summed E-state index contributed by atoms with van der Waals surface area (Å²) in [5, 5.41) is 8.67. The Morgan fingerprint density at radius 1 is 1.33 bits per heavy atom. The molecule has 0 spiro atoms. The van der Waals surface area contributed by atoms with Gasteiger partial charge in [-0.05, 0) is 31.5 Å². The number of nitrogens with zero attached hydrogens (tertiary/aromatic N) is 2. The van der Waals surface area contributed by atoms with E-state index < -0.39 is 5.82 Å². The minimum Gasteiger partial charge on any atom is -0.384 e. The summed E-state index contributed by atoms with van der Waals surface area (Å²) in [6.45, 7) is 3.91. The van der Waals surface area contributed by atoms with E-state index in [1.807, 2.05) is 13.8 Å². The maximum atomic E-state index is 13.6. The predicted molar refractivity (Wildman–Crippen MR) is 78.5 cm³/mol. The largest absolute Gasteiger partial charge is 0.384 e. The van der Waals surface area contributed by atoms with Gasteiger partial charge in [0.15, 0.2) is 0 Å². The number of rotatable bonds is 3. The number of benzene rings is 1. The highest BCUT2D eigenvalue weighted by Crippen LogP contribution is 2.11. The number of halogens is 1. The van der Waals surface area contributed by atoms with Crippen molar-refractivity contribution < 1.29 is 9.50 Å². The van der Waals surface area contributed by atoms with Crippen molar-refractivity contribution in [2.75, 3.05) is 6.61 Å². The van der Waals surface area contributed by atoms with Crippen molar-refractivity contribution in [1.29, 1.82) is 0 Å². The Labute approximate surface area is 122 Å². The first kappa shape index (κ1) is 15.1. The number of aromatic nitrogens is 2. The van der Waals surface area contributed by atoms with Crippen LogP contribution >= 0.6 is 0 Å². The molecule has 4 nitrogen and oxygen atoms in total. The summed E-state index contributed by atoms with van der Waals surface area (Å²) in [6, 6.07) is 4.63. The van der Waals surface area contributed by atoms with Crippen molar-refractivity contribution in [1.82, 2.24) is 9.13 Å². The van der Waals surface area contributed by atoms with Crippen LogP contribution in [0.5, 0.6) is 0 Å². The Kier molecular flexibility index (Phi) is 4.61. The molecule has 1 aromatic heterocycles. The molecule has 1 heterocycles. The van der Waals surface area contributed by atoms with Crippen molar-refractivity contribution in [3.05, 3.63) is 58.0 Å². The highest BCUT2D eigenvalue weighted by atomic mass is 19.1. The molecule has 0 fully saturated rings. The van der Waals surface area contributed by atoms with E-state index in [0.717, 1.165) is 5.56 Å². The van der Waals surface area contributed by atoms with Crippen molar-refractivity contribution >= 4 is 0 Å². The van der Waals surface area contributed by atoms with Crippen LogP contribution in [-0.4, -0.2) is 20.8 Å². The average molecular weight is 288 g/mol. The molecular formula is C16H17FN2O2. The molecule has 110 valence electrons. The van der Waals surface area contributed by atoms with Crippen molar-refractivity contribution in [3.8, 4) is 11.8 Å². The molecule has 5 heteroatoms. The minimum atomic E-state index is -0.438. The van der Waals surface area contributed by atoms with Crippen molar-refractivity contribution in [2.24, 2.45) is 0 Å². The molecule has 0 aliphatic heterocycles. The summed E-state index contributed by atoms with van der Waals surface area (Å²) in [5.41, 5.74) is 0.900. The SMILES string of the molecule is CC(C)n1ccn(Cc2ccc(F)c(C#CCO)c2)c1=O. The normalized spacial score (nSPS) is 10.5. The molecule has 0 unspecified atom stereocenters. The van der Waals surface area contributed by atoms with Crippen molar-refractivity contribution in [3.63, 3.8) is 0 Å². The van der Waals surface area contributed by atoms with Gasteiger partial charge in [-0.2, -0.15) is 0 Å². The van der Waals surface area contributed by atoms with Gasteiger partial charge in [-0.25, -0.2) is 9.18 Å². The van der Waals surface area contributed by atoms with Gasteiger partial charge in [-0.15, -0.1) is 0 Å². The van der Waals surface area contributed by atoms with E-state index in [1.165, 1.54) is 6.07 Å². The van der Waals surface area contributed by atoms with E-state index in [2.05, 4.69) is 11.8 Å². The quantitative estimate of drug-likeness (QED) is 0.875. The van der Waals surface area contributed by atoms with Crippen LogP contribution in [-0.2, 0) is 6.54 Å². The summed E-state index contributed by atoms with van der Waals surface area (Å²) in [7, 11) is 0. The van der Waals surface area contributed by atoms with Crippen LogP contribution in [0.4, 0.5) is 4.39 Å². The third-order valence-corrected chi connectivity index (χ3v) is 3.12. The van der Waals surface area contributed by atoms with Crippen LogP contribution in [0.25, 0.3) is 0 Å². The zero-order chi connectivity index (χ0) is 15.4. The first-order valence-electron chi connectivity index (χ1n) is 6.68. The molecule has 21 heavy (non-hydrogen) atoms. The summed E-state index contributed by atoms with van der Waals surface area (Å²) < 4.78 is 16.8. The Hall–Kier alpha value is -2.32. The second kappa shape index (κ2) is 6.42. The lowest BCUT2D eigenvalue weighted by Gasteiger charge is -2.06. The number of aliphatic hydroxyl groups is 1. The van der Waals surface area contributed by atoms with Crippen LogP contribution < -0.4 is 5.69 Å². The van der Waals surface area contributed by atoms with Gasteiger partial charge in [0.2, 0.25) is 0 Å². The Morgan fingerprint density at radius 2 is 2.10 bits per heavy atom. The maximum absolute atomic E-state index is 13.6. The highest BCUT2D eigenvalue weighted by Gasteiger charge is 2.08. The minimum absolute atomic E-state index is 0.0953. The number of imidazole rings is 1. The fraction of sp³-hybridized carbons (Fsp3) is 0.312. The predicted octanol–water partition coefficient (Wildman–Crippen LogP) is 1.76. The first-order valence-corrected chi connectivity index (χ1v) is 6.68. The molecule has 0 aliphatic carbocycles. The smallest absolute Gasteiger partial charge is 0.328 e. The van der Waals surface area contributed by atoms with Gasteiger partial charge in [-0.1, -0.05) is 17.9 Å². The molecular weight excluding hydrogens is 271 g/mol. The lowest BCUT2D eigenvalue weighted by Crippen LogP contribution is -2.25. The fourth-order valence-electron chi connectivity index (χ4n) is 2.04. The van der Waals surface area contributed by atoms with E-state index in [1.54, 1.807) is 33.7 Å². The maximum Gasteiger partial charge on any atom is 0.328 e.